The molecule has 4 heteroatoms. The zero-order valence-corrected chi connectivity index (χ0v) is 12.9. The zero-order valence-electron chi connectivity index (χ0n) is 12.9. The summed E-state index contributed by atoms with van der Waals surface area (Å²) in [6.07, 6.45) is 5.15. The molecule has 1 aromatic rings. The Kier molecular flexibility index (Phi) is 5.65. The van der Waals surface area contributed by atoms with Crippen LogP contribution in [0, 0.1) is 0 Å². The molecule has 0 spiro atoms. The van der Waals surface area contributed by atoms with Crippen LogP contribution in [-0.2, 0) is 0 Å². The van der Waals surface area contributed by atoms with Crippen molar-refractivity contribution < 1.29 is 4.74 Å². The number of aromatic nitrogens is 1. The second-order valence-electron chi connectivity index (χ2n) is 5.40. The van der Waals surface area contributed by atoms with Crippen LogP contribution in [0.5, 0.6) is 5.75 Å². The number of piperazine rings is 1. The third kappa shape index (κ3) is 3.42. The summed E-state index contributed by atoms with van der Waals surface area (Å²) < 4.78 is 5.88. The summed E-state index contributed by atoms with van der Waals surface area (Å²) in [5.74, 6) is 1.93. The lowest BCUT2D eigenvalue weighted by atomic mass is 10.1. The van der Waals surface area contributed by atoms with Crippen LogP contribution in [0.2, 0.25) is 0 Å². The average molecular weight is 277 g/mol. The Labute approximate surface area is 122 Å². The number of nitrogens with one attached hydrogen (secondary N) is 1. The molecule has 1 aliphatic heterocycles. The van der Waals surface area contributed by atoms with E-state index in [2.05, 4.69) is 36.0 Å². The smallest absolute Gasteiger partial charge is 0.171 e. The van der Waals surface area contributed by atoms with Gasteiger partial charge < -0.3 is 15.0 Å². The van der Waals surface area contributed by atoms with Gasteiger partial charge in [0.2, 0.25) is 0 Å². The third-order valence-corrected chi connectivity index (χ3v) is 3.95. The monoisotopic (exact) mass is 277 g/mol. The Hall–Kier alpha value is -1.29. The van der Waals surface area contributed by atoms with Crippen molar-refractivity contribution in [3.8, 4) is 5.75 Å². The molecule has 2 heterocycles. The SMILES string of the molecule is CCCOc1cccnc1N1CC(CC)NCC1CC. The van der Waals surface area contributed by atoms with Gasteiger partial charge in [-0.25, -0.2) is 4.98 Å². The van der Waals surface area contributed by atoms with Crippen molar-refractivity contribution in [3.05, 3.63) is 18.3 Å². The molecule has 112 valence electrons. The quantitative estimate of drug-likeness (QED) is 0.867. The topological polar surface area (TPSA) is 37.4 Å². The Bertz CT molecular complexity index is 410. The van der Waals surface area contributed by atoms with Crippen LogP contribution in [0.15, 0.2) is 18.3 Å². The predicted octanol–water partition coefficient (Wildman–Crippen LogP) is 2.84. The Morgan fingerprint density at radius 1 is 1.35 bits per heavy atom. The van der Waals surface area contributed by atoms with Gasteiger partial charge >= 0.3 is 0 Å². The zero-order chi connectivity index (χ0) is 14.4. The van der Waals surface area contributed by atoms with Gasteiger partial charge in [0.1, 0.15) is 0 Å². The normalized spacial score (nSPS) is 22.9. The van der Waals surface area contributed by atoms with E-state index in [1.54, 1.807) is 0 Å². The Morgan fingerprint density at radius 2 is 2.20 bits per heavy atom. The van der Waals surface area contributed by atoms with Crippen molar-refractivity contribution in [1.82, 2.24) is 10.3 Å². The fourth-order valence-corrected chi connectivity index (χ4v) is 2.68. The van der Waals surface area contributed by atoms with Gasteiger partial charge in [0.15, 0.2) is 11.6 Å². The molecule has 0 radical (unpaired) electrons. The van der Waals surface area contributed by atoms with E-state index in [-0.39, 0.29) is 0 Å². The van der Waals surface area contributed by atoms with Crippen molar-refractivity contribution in [1.29, 1.82) is 0 Å². The highest BCUT2D eigenvalue weighted by Crippen LogP contribution is 2.29. The van der Waals surface area contributed by atoms with Gasteiger partial charge in [0.05, 0.1) is 6.61 Å². The number of rotatable bonds is 6. The molecule has 2 rings (SSSR count). The molecule has 0 saturated carbocycles. The number of anilines is 1. The van der Waals surface area contributed by atoms with Crippen LogP contribution in [-0.4, -0.2) is 36.8 Å². The number of pyridine rings is 1. The maximum absolute atomic E-state index is 5.88. The first-order valence-corrected chi connectivity index (χ1v) is 7.87. The fourth-order valence-electron chi connectivity index (χ4n) is 2.68. The molecule has 2 unspecified atom stereocenters. The molecule has 1 saturated heterocycles. The number of hydrogen-bond donors (Lipinski definition) is 1. The van der Waals surface area contributed by atoms with E-state index in [0.717, 1.165) is 50.5 Å². The number of ether oxygens (including phenoxy) is 1. The molecular formula is C16H27N3O. The van der Waals surface area contributed by atoms with Crippen molar-refractivity contribution in [2.45, 2.75) is 52.1 Å². The molecule has 0 amide bonds. The molecule has 1 aromatic heterocycles. The molecule has 0 aromatic carbocycles. The standard InChI is InChI=1S/C16H27N3O/c1-4-10-20-15-8-7-9-17-16(15)19-12-13(5-2)18-11-14(19)6-3/h7-9,13-14,18H,4-6,10-12H2,1-3H3. The second-order valence-corrected chi connectivity index (χ2v) is 5.40. The van der Waals surface area contributed by atoms with Crippen molar-refractivity contribution in [3.63, 3.8) is 0 Å². The van der Waals surface area contributed by atoms with E-state index >= 15 is 0 Å². The molecule has 1 fully saturated rings. The van der Waals surface area contributed by atoms with Crippen LogP contribution < -0.4 is 15.0 Å². The summed E-state index contributed by atoms with van der Waals surface area (Å²) in [5, 5.41) is 3.62. The Morgan fingerprint density at radius 3 is 2.90 bits per heavy atom. The van der Waals surface area contributed by atoms with Crippen molar-refractivity contribution in [2.24, 2.45) is 0 Å². The Balaban J connectivity index is 2.22. The van der Waals surface area contributed by atoms with E-state index < -0.39 is 0 Å². The molecule has 1 aliphatic rings. The van der Waals surface area contributed by atoms with Crippen molar-refractivity contribution >= 4 is 5.82 Å². The molecule has 4 nitrogen and oxygen atoms in total. The van der Waals surface area contributed by atoms with Crippen LogP contribution in [0.3, 0.4) is 0 Å². The average Bonchev–Trinajstić information content (AvgIpc) is 2.52. The van der Waals surface area contributed by atoms with E-state index in [9.17, 15) is 0 Å². The van der Waals surface area contributed by atoms with Gasteiger partial charge in [0, 0.05) is 31.4 Å². The van der Waals surface area contributed by atoms with Crippen LogP contribution in [0.25, 0.3) is 0 Å². The third-order valence-electron chi connectivity index (χ3n) is 3.95. The summed E-state index contributed by atoms with van der Waals surface area (Å²) in [6.45, 7) is 9.38. The van der Waals surface area contributed by atoms with Crippen LogP contribution in [0.4, 0.5) is 5.82 Å². The van der Waals surface area contributed by atoms with E-state index in [0.29, 0.717) is 12.1 Å². The van der Waals surface area contributed by atoms with Crippen LogP contribution in [0.1, 0.15) is 40.0 Å². The first-order valence-electron chi connectivity index (χ1n) is 7.87. The van der Waals surface area contributed by atoms with E-state index in [4.69, 9.17) is 4.74 Å². The van der Waals surface area contributed by atoms with Gasteiger partial charge in [0.25, 0.3) is 0 Å². The maximum Gasteiger partial charge on any atom is 0.171 e. The van der Waals surface area contributed by atoms with E-state index in [1.807, 2.05) is 18.3 Å². The highest BCUT2D eigenvalue weighted by Gasteiger charge is 2.28. The lowest BCUT2D eigenvalue weighted by molar-refractivity contribution is 0.311. The van der Waals surface area contributed by atoms with Crippen LogP contribution >= 0.6 is 0 Å². The molecule has 1 N–H and O–H groups in total. The van der Waals surface area contributed by atoms with Gasteiger partial charge in [-0.1, -0.05) is 20.8 Å². The minimum Gasteiger partial charge on any atom is -0.490 e. The summed E-state index contributed by atoms with van der Waals surface area (Å²) >= 11 is 0. The first-order chi connectivity index (χ1) is 9.80. The summed E-state index contributed by atoms with van der Waals surface area (Å²) in [6, 6.07) is 5.03. The highest BCUT2D eigenvalue weighted by molar-refractivity contribution is 5.53. The van der Waals surface area contributed by atoms with Gasteiger partial charge in [-0.2, -0.15) is 0 Å². The van der Waals surface area contributed by atoms with Gasteiger partial charge in [-0.15, -0.1) is 0 Å². The highest BCUT2D eigenvalue weighted by atomic mass is 16.5. The largest absolute Gasteiger partial charge is 0.490 e. The minimum absolute atomic E-state index is 0.497. The second kappa shape index (κ2) is 7.48. The lowest BCUT2D eigenvalue weighted by Crippen LogP contribution is -2.56. The first kappa shape index (κ1) is 15.1. The predicted molar refractivity (Wildman–Crippen MR) is 83.5 cm³/mol. The molecule has 2 atom stereocenters. The molecular weight excluding hydrogens is 250 g/mol. The summed E-state index contributed by atoms with van der Waals surface area (Å²) in [4.78, 5) is 7.02. The fraction of sp³-hybridized carbons (Fsp3) is 0.688. The number of nitrogens with zero attached hydrogens (tertiary/aromatic N) is 2. The molecule has 20 heavy (non-hydrogen) atoms. The molecule has 0 bridgehead atoms. The van der Waals surface area contributed by atoms with Gasteiger partial charge in [-0.05, 0) is 31.4 Å². The minimum atomic E-state index is 0.497. The molecule has 0 aliphatic carbocycles. The lowest BCUT2D eigenvalue weighted by Gasteiger charge is -2.41. The van der Waals surface area contributed by atoms with E-state index in [1.165, 1.54) is 0 Å². The summed E-state index contributed by atoms with van der Waals surface area (Å²) in [5.41, 5.74) is 0. The maximum atomic E-state index is 5.88. The number of hydrogen-bond acceptors (Lipinski definition) is 4. The van der Waals surface area contributed by atoms with Gasteiger partial charge in [-0.3, -0.25) is 0 Å². The van der Waals surface area contributed by atoms with Crippen molar-refractivity contribution in [2.75, 3.05) is 24.6 Å². The summed E-state index contributed by atoms with van der Waals surface area (Å²) in [7, 11) is 0.